The van der Waals surface area contributed by atoms with E-state index in [0.29, 0.717) is 11.3 Å². The Morgan fingerprint density at radius 1 is 0.714 bits per heavy atom. The summed E-state index contributed by atoms with van der Waals surface area (Å²) in [5, 5.41) is 0. The Bertz CT molecular complexity index is 2190. The van der Waals surface area contributed by atoms with Crippen LogP contribution in [0, 0.1) is 12.8 Å². The van der Waals surface area contributed by atoms with Crippen LogP contribution in [0.1, 0.15) is 39.0 Å². The van der Waals surface area contributed by atoms with Crippen molar-refractivity contribution in [1.29, 1.82) is 0 Å². The van der Waals surface area contributed by atoms with Crippen LogP contribution in [0.3, 0.4) is 0 Å². The Labute approximate surface area is 324 Å². The summed E-state index contributed by atoms with van der Waals surface area (Å²) in [6.45, 7) is 1.88. The van der Waals surface area contributed by atoms with Gasteiger partial charge in [0.1, 0.15) is 11.1 Å². The highest BCUT2D eigenvalue weighted by atomic mass is 16.5. The molecule has 4 atom stereocenters. The molecule has 0 saturated carbocycles. The smallest absolute Gasteiger partial charge is 0.354 e. The summed E-state index contributed by atoms with van der Waals surface area (Å²) < 4.78 is 21.0. The number of carbonyl (C=O) groups excluding carboxylic acids is 6. The molecular formula is C44H42N2O10. The molecule has 4 aromatic rings. The van der Waals surface area contributed by atoms with Gasteiger partial charge in [0.25, 0.3) is 0 Å². The number of fused-ring (bicyclic) bond motifs is 2. The van der Waals surface area contributed by atoms with Crippen molar-refractivity contribution in [2.24, 2.45) is 5.92 Å². The lowest BCUT2D eigenvalue weighted by atomic mass is 9.57. The van der Waals surface area contributed by atoms with Crippen LogP contribution in [0.5, 0.6) is 0 Å². The monoisotopic (exact) mass is 758 g/mol. The highest BCUT2D eigenvalue weighted by molar-refractivity contribution is 6.19. The van der Waals surface area contributed by atoms with Gasteiger partial charge in [0.15, 0.2) is 11.3 Å². The van der Waals surface area contributed by atoms with E-state index >= 15 is 14.4 Å². The third-order valence-electron chi connectivity index (χ3n) is 10.8. The van der Waals surface area contributed by atoms with E-state index in [1.54, 1.807) is 78.9 Å². The number of para-hydroxylation sites is 1. The predicted octanol–water partition coefficient (Wildman–Crippen LogP) is 4.91. The zero-order valence-electron chi connectivity index (χ0n) is 31.7. The molecule has 0 aromatic heterocycles. The van der Waals surface area contributed by atoms with E-state index in [1.165, 1.54) is 9.80 Å². The lowest BCUT2D eigenvalue weighted by molar-refractivity contribution is -0.167. The van der Waals surface area contributed by atoms with Gasteiger partial charge in [-0.3, -0.25) is 14.4 Å². The number of ether oxygens (including phenoxy) is 4. The van der Waals surface area contributed by atoms with Crippen molar-refractivity contribution in [2.75, 3.05) is 33.3 Å². The molecule has 0 radical (unpaired) electrons. The number of Topliss-reactive ketones (excluding diaryl/α,β-unsaturated/α-hetero) is 1. The SMILES string of the molecule is COC(=O)/C=C(\C(=O)OC)N1[C@@H](Cc2ccccc2)[C@H](C(=O)c2ccc(C)cc2)[C@@]2(C(=O)N(Cc3ccccc3)c3ccccc32)[C@@]1(CC(=O)OC)C(=O)OC. The Balaban J connectivity index is 1.83. The summed E-state index contributed by atoms with van der Waals surface area (Å²) in [4.78, 5) is 91.1. The number of rotatable bonds is 12. The standard InChI is InChI=1S/C44H42N2O10/c1-28-20-22-31(23-21-28)39(49)38-34(24-29-14-8-6-9-15-29)46(35(40(50)55-4)25-36(47)53-2)43(42(52)56-5,26-37(48)54-3)44(38)32-18-12-13-19-33(32)45(41(44)51)27-30-16-10-7-11-17-30/h6-23,25,34,38H,24,26-27H2,1-5H3/b35-25+/t34-,38+,43+,44-/m0/s1. The number of nitrogens with zero attached hydrogens (tertiary/aromatic N) is 2. The lowest BCUT2D eigenvalue weighted by Gasteiger charge is -2.46. The summed E-state index contributed by atoms with van der Waals surface area (Å²) in [6, 6.07) is 30.4. The minimum Gasteiger partial charge on any atom is -0.469 e. The molecule has 2 aliphatic rings. The van der Waals surface area contributed by atoms with Gasteiger partial charge in [-0.15, -0.1) is 0 Å². The fraction of sp³-hybridized carbons (Fsp3) is 0.273. The first-order valence-corrected chi connectivity index (χ1v) is 17.9. The maximum Gasteiger partial charge on any atom is 0.354 e. The summed E-state index contributed by atoms with van der Waals surface area (Å²) in [7, 11) is 4.39. The number of amides is 1. The Morgan fingerprint density at radius 3 is 1.91 bits per heavy atom. The summed E-state index contributed by atoms with van der Waals surface area (Å²) in [5.74, 6) is -6.99. The van der Waals surface area contributed by atoms with Crippen LogP contribution in [-0.2, 0) is 61.3 Å². The third kappa shape index (κ3) is 6.40. The van der Waals surface area contributed by atoms with Crippen molar-refractivity contribution in [3.63, 3.8) is 0 Å². The van der Waals surface area contributed by atoms with Gasteiger partial charge >= 0.3 is 23.9 Å². The number of hydrogen-bond acceptors (Lipinski definition) is 11. The third-order valence-corrected chi connectivity index (χ3v) is 10.8. The second kappa shape index (κ2) is 16.0. The number of aryl methyl sites for hydroxylation is 1. The summed E-state index contributed by atoms with van der Waals surface area (Å²) in [5.41, 5.74) is -2.33. The quantitative estimate of drug-likeness (QED) is 0.0841. The van der Waals surface area contributed by atoms with Crippen molar-refractivity contribution in [1.82, 2.24) is 4.90 Å². The van der Waals surface area contributed by atoms with Crippen molar-refractivity contribution < 1.29 is 47.7 Å². The predicted molar refractivity (Wildman–Crippen MR) is 204 cm³/mol. The summed E-state index contributed by atoms with van der Waals surface area (Å²) >= 11 is 0. The number of likely N-dealkylation sites (tertiary alicyclic amines) is 1. The van der Waals surface area contributed by atoms with Gasteiger partial charge in [0.2, 0.25) is 5.91 Å². The number of benzene rings is 4. The van der Waals surface area contributed by atoms with Gasteiger partial charge in [-0.05, 0) is 36.1 Å². The van der Waals surface area contributed by atoms with Crippen LogP contribution in [-0.4, -0.2) is 80.5 Å². The van der Waals surface area contributed by atoms with Crippen LogP contribution in [0.25, 0.3) is 0 Å². The highest BCUT2D eigenvalue weighted by Crippen LogP contribution is 2.64. The van der Waals surface area contributed by atoms with Crippen molar-refractivity contribution in [2.45, 2.75) is 43.3 Å². The topological polar surface area (TPSA) is 146 Å². The van der Waals surface area contributed by atoms with Gasteiger partial charge in [-0.2, -0.15) is 0 Å². The largest absolute Gasteiger partial charge is 0.469 e. The van der Waals surface area contributed by atoms with E-state index in [9.17, 15) is 14.4 Å². The molecule has 4 aromatic carbocycles. The molecule has 6 rings (SSSR count). The van der Waals surface area contributed by atoms with Gasteiger partial charge in [0.05, 0.1) is 53.4 Å². The van der Waals surface area contributed by atoms with E-state index in [-0.39, 0.29) is 24.1 Å². The van der Waals surface area contributed by atoms with Crippen LogP contribution in [0.2, 0.25) is 0 Å². The van der Waals surface area contributed by atoms with Gasteiger partial charge in [-0.25, -0.2) is 14.4 Å². The molecule has 1 saturated heterocycles. The van der Waals surface area contributed by atoms with E-state index < -0.39 is 70.6 Å². The Kier molecular flexibility index (Phi) is 11.2. The van der Waals surface area contributed by atoms with Crippen molar-refractivity contribution >= 4 is 41.3 Å². The second-order valence-corrected chi connectivity index (χ2v) is 13.7. The van der Waals surface area contributed by atoms with Crippen LogP contribution in [0.4, 0.5) is 5.69 Å². The maximum atomic E-state index is 16.1. The molecule has 288 valence electrons. The molecule has 0 bridgehead atoms. The first-order chi connectivity index (χ1) is 27.0. The molecule has 1 fully saturated rings. The molecule has 2 aliphatic heterocycles. The van der Waals surface area contributed by atoms with E-state index in [1.807, 2.05) is 37.3 Å². The Morgan fingerprint density at radius 2 is 1.32 bits per heavy atom. The van der Waals surface area contributed by atoms with Gasteiger partial charge < -0.3 is 28.7 Å². The van der Waals surface area contributed by atoms with E-state index in [4.69, 9.17) is 18.9 Å². The number of carbonyl (C=O) groups is 6. The molecule has 2 heterocycles. The number of anilines is 1. The highest BCUT2D eigenvalue weighted by Gasteiger charge is 2.81. The zero-order chi connectivity index (χ0) is 40.2. The molecular weight excluding hydrogens is 716 g/mol. The second-order valence-electron chi connectivity index (χ2n) is 13.7. The van der Waals surface area contributed by atoms with Crippen molar-refractivity contribution in [3.05, 3.63) is 149 Å². The molecule has 56 heavy (non-hydrogen) atoms. The molecule has 0 aliphatic carbocycles. The van der Waals surface area contributed by atoms with Crippen LogP contribution in [0.15, 0.2) is 121 Å². The van der Waals surface area contributed by atoms with Crippen LogP contribution >= 0.6 is 0 Å². The average molecular weight is 759 g/mol. The molecule has 1 amide bonds. The number of esters is 4. The van der Waals surface area contributed by atoms with Crippen LogP contribution < -0.4 is 4.90 Å². The fourth-order valence-corrected chi connectivity index (χ4v) is 8.50. The minimum absolute atomic E-state index is 0.0184. The number of ketones is 1. The average Bonchev–Trinajstić information content (AvgIpc) is 3.61. The molecule has 12 heteroatoms. The number of hydrogen-bond donors (Lipinski definition) is 0. The molecule has 0 unspecified atom stereocenters. The minimum atomic E-state index is -2.56. The van der Waals surface area contributed by atoms with E-state index in [2.05, 4.69) is 0 Å². The molecule has 1 spiro atoms. The first-order valence-electron chi connectivity index (χ1n) is 17.9. The zero-order valence-corrected chi connectivity index (χ0v) is 31.7. The lowest BCUT2D eigenvalue weighted by Crippen LogP contribution is -2.68. The molecule has 12 nitrogen and oxygen atoms in total. The first kappa shape index (κ1) is 39.1. The van der Waals surface area contributed by atoms with Gasteiger partial charge in [0, 0.05) is 17.3 Å². The normalized spacial score (nSPS) is 21.4. The number of methoxy groups -OCH3 is 4. The fourth-order valence-electron chi connectivity index (χ4n) is 8.50. The van der Waals surface area contributed by atoms with E-state index in [0.717, 1.165) is 45.6 Å². The van der Waals surface area contributed by atoms with Crippen molar-refractivity contribution in [3.8, 4) is 0 Å². The summed E-state index contributed by atoms with van der Waals surface area (Å²) in [6.07, 6.45) is -0.124. The maximum absolute atomic E-state index is 16.1. The molecule has 0 N–H and O–H groups in total. The van der Waals surface area contributed by atoms with Gasteiger partial charge in [-0.1, -0.05) is 109 Å². The Hall–Kier alpha value is -6.56.